The Labute approximate surface area is 136 Å². The van der Waals surface area contributed by atoms with Gasteiger partial charge in [-0.05, 0) is 11.6 Å². The SMILES string of the molecule is C[C@H](c1ncncc1F)[C@@H](Cn1cncn1)c1ccc(F)cc1F. The molecule has 0 saturated carbocycles. The van der Waals surface area contributed by atoms with Crippen molar-refractivity contribution in [1.82, 2.24) is 24.7 Å². The maximum absolute atomic E-state index is 14.3. The molecule has 8 heteroatoms. The van der Waals surface area contributed by atoms with Crippen molar-refractivity contribution in [2.45, 2.75) is 25.3 Å². The van der Waals surface area contributed by atoms with Gasteiger partial charge in [0.15, 0.2) is 5.82 Å². The first-order chi connectivity index (χ1) is 11.6. The minimum atomic E-state index is -0.693. The van der Waals surface area contributed by atoms with E-state index in [0.717, 1.165) is 12.3 Å². The highest BCUT2D eigenvalue weighted by molar-refractivity contribution is 5.27. The van der Waals surface area contributed by atoms with Gasteiger partial charge in [-0.25, -0.2) is 28.1 Å². The van der Waals surface area contributed by atoms with Gasteiger partial charge in [-0.3, -0.25) is 4.68 Å². The van der Waals surface area contributed by atoms with Crippen molar-refractivity contribution in [3.8, 4) is 0 Å². The maximum atomic E-state index is 14.3. The van der Waals surface area contributed by atoms with Gasteiger partial charge in [0.2, 0.25) is 0 Å². The molecule has 0 aliphatic rings. The predicted molar refractivity (Wildman–Crippen MR) is 79.5 cm³/mol. The zero-order valence-corrected chi connectivity index (χ0v) is 12.8. The van der Waals surface area contributed by atoms with Gasteiger partial charge < -0.3 is 0 Å². The second-order valence-electron chi connectivity index (χ2n) is 5.43. The third kappa shape index (κ3) is 3.27. The molecule has 0 saturated heterocycles. The van der Waals surface area contributed by atoms with Gasteiger partial charge in [-0.1, -0.05) is 13.0 Å². The smallest absolute Gasteiger partial charge is 0.163 e. The highest BCUT2D eigenvalue weighted by atomic mass is 19.1. The fraction of sp³-hybridized carbons (Fsp3) is 0.250. The summed E-state index contributed by atoms with van der Waals surface area (Å²) in [6, 6.07) is 3.35. The molecule has 3 aromatic rings. The van der Waals surface area contributed by atoms with Gasteiger partial charge in [0.1, 0.15) is 30.6 Å². The molecule has 0 unspecified atom stereocenters. The van der Waals surface area contributed by atoms with E-state index in [9.17, 15) is 13.2 Å². The molecule has 2 heterocycles. The summed E-state index contributed by atoms with van der Waals surface area (Å²) in [6.45, 7) is 1.98. The lowest BCUT2D eigenvalue weighted by Crippen LogP contribution is -2.19. The van der Waals surface area contributed by atoms with Gasteiger partial charge in [0.05, 0.1) is 18.4 Å². The van der Waals surface area contributed by atoms with Crippen LogP contribution in [0, 0.1) is 17.5 Å². The van der Waals surface area contributed by atoms with E-state index in [0.29, 0.717) is 0 Å². The standard InChI is InChI=1S/C16H14F3N5/c1-10(16-15(19)5-20-7-22-16)13(6-24-9-21-8-23-24)12-3-2-11(17)4-14(12)18/h2-5,7-10,13H,6H2,1H3/t10-,13+/m0/s1. The fourth-order valence-electron chi connectivity index (χ4n) is 2.70. The van der Waals surface area contributed by atoms with E-state index in [-0.39, 0.29) is 17.8 Å². The number of rotatable bonds is 5. The Morgan fingerprint density at radius 1 is 1.08 bits per heavy atom. The first-order valence-electron chi connectivity index (χ1n) is 7.29. The summed E-state index contributed by atoms with van der Waals surface area (Å²) in [7, 11) is 0. The molecule has 124 valence electrons. The number of halogens is 3. The van der Waals surface area contributed by atoms with E-state index in [4.69, 9.17) is 0 Å². The minimum Gasteiger partial charge on any atom is -0.252 e. The van der Waals surface area contributed by atoms with Crippen molar-refractivity contribution < 1.29 is 13.2 Å². The van der Waals surface area contributed by atoms with Gasteiger partial charge in [0, 0.05) is 17.9 Å². The average molecular weight is 333 g/mol. The largest absolute Gasteiger partial charge is 0.252 e. The Morgan fingerprint density at radius 2 is 1.92 bits per heavy atom. The molecule has 3 rings (SSSR count). The Kier molecular flexibility index (Phi) is 4.54. The average Bonchev–Trinajstić information content (AvgIpc) is 3.06. The van der Waals surface area contributed by atoms with Crippen molar-refractivity contribution in [2.75, 3.05) is 0 Å². The van der Waals surface area contributed by atoms with Crippen LogP contribution in [0.3, 0.4) is 0 Å². The molecule has 1 aromatic carbocycles. The lowest BCUT2D eigenvalue weighted by Gasteiger charge is -2.24. The van der Waals surface area contributed by atoms with E-state index < -0.39 is 29.3 Å². The molecule has 0 bridgehead atoms. The third-order valence-electron chi connectivity index (χ3n) is 3.94. The predicted octanol–water partition coefficient (Wildman–Crippen LogP) is 3.07. The van der Waals surface area contributed by atoms with E-state index in [1.165, 1.54) is 35.8 Å². The third-order valence-corrected chi connectivity index (χ3v) is 3.94. The molecule has 0 aliphatic carbocycles. The lowest BCUT2D eigenvalue weighted by atomic mass is 9.84. The molecule has 2 atom stereocenters. The Bertz CT molecular complexity index is 822. The van der Waals surface area contributed by atoms with Crippen molar-refractivity contribution >= 4 is 0 Å². The highest BCUT2D eigenvalue weighted by Crippen LogP contribution is 2.35. The first kappa shape index (κ1) is 16.1. The Balaban J connectivity index is 2.03. The van der Waals surface area contributed by atoms with Crippen LogP contribution in [0.1, 0.15) is 30.0 Å². The summed E-state index contributed by atoms with van der Waals surface area (Å²) in [5, 5.41) is 4.01. The summed E-state index contributed by atoms with van der Waals surface area (Å²) in [4.78, 5) is 11.5. The number of hydrogen-bond donors (Lipinski definition) is 0. The molecule has 2 aromatic heterocycles. The lowest BCUT2D eigenvalue weighted by molar-refractivity contribution is 0.424. The van der Waals surface area contributed by atoms with Crippen LogP contribution in [0.4, 0.5) is 13.2 Å². The van der Waals surface area contributed by atoms with Crippen LogP contribution in [-0.2, 0) is 6.54 Å². The molecule has 0 radical (unpaired) electrons. The van der Waals surface area contributed by atoms with Crippen LogP contribution in [0.15, 0.2) is 43.4 Å². The topological polar surface area (TPSA) is 56.5 Å². The van der Waals surface area contributed by atoms with Crippen LogP contribution in [0.5, 0.6) is 0 Å². The zero-order chi connectivity index (χ0) is 17.1. The maximum Gasteiger partial charge on any atom is 0.163 e. The normalized spacial score (nSPS) is 13.7. The van der Waals surface area contributed by atoms with Gasteiger partial charge in [-0.15, -0.1) is 0 Å². The molecule has 0 amide bonds. The molecule has 0 fully saturated rings. The number of hydrogen-bond acceptors (Lipinski definition) is 4. The van der Waals surface area contributed by atoms with Crippen molar-refractivity contribution in [1.29, 1.82) is 0 Å². The highest BCUT2D eigenvalue weighted by Gasteiger charge is 2.27. The zero-order valence-electron chi connectivity index (χ0n) is 12.8. The summed E-state index contributed by atoms with van der Waals surface area (Å²) in [5.41, 5.74) is 0.427. The Hall–Kier alpha value is -2.77. The number of aromatic nitrogens is 5. The molecular formula is C16H14F3N5. The van der Waals surface area contributed by atoms with Crippen LogP contribution in [0.2, 0.25) is 0 Å². The van der Waals surface area contributed by atoms with Crippen LogP contribution in [0.25, 0.3) is 0 Å². The number of benzene rings is 1. The van der Waals surface area contributed by atoms with Gasteiger partial charge >= 0.3 is 0 Å². The second-order valence-corrected chi connectivity index (χ2v) is 5.43. The monoisotopic (exact) mass is 333 g/mol. The van der Waals surface area contributed by atoms with Crippen molar-refractivity contribution in [3.63, 3.8) is 0 Å². The summed E-state index contributed by atoms with van der Waals surface area (Å²) < 4.78 is 43.1. The first-order valence-corrected chi connectivity index (χ1v) is 7.29. The summed E-state index contributed by atoms with van der Waals surface area (Å²) >= 11 is 0. The fourth-order valence-corrected chi connectivity index (χ4v) is 2.70. The van der Waals surface area contributed by atoms with Crippen LogP contribution < -0.4 is 0 Å². The molecule has 0 aliphatic heterocycles. The molecule has 0 N–H and O–H groups in total. The number of nitrogens with zero attached hydrogens (tertiary/aromatic N) is 5. The molecule has 24 heavy (non-hydrogen) atoms. The van der Waals surface area contributed by atoms with E-state index in [1.807, 2.05) is 0 Å². The second kappa shape index (κ2) is 6.77. The van der Waals surface area contributed by atoms with Gasteiger partial charge in [-0.2, -0.15) is 5.10 Å². The van der Waals surface area contributed by atoms with Gasteiger partial charge in [0.25, 0.3) is 0 Å². The van der Waals surface area contributed by atoms with Crippen LogP contribution >= 0.6 is 0 Å². The molecule has 0 spiro atoms. The Morgan fingerprint density at radius 3 is 2.58 bits per heavy atom. The van der Waals surface area contributed by atoms with E-state index in [1.54, 1.807) is 6.92 Å². The van der Waals surface area contributed by atoms with Crippen molar-refractivity contribution in [3.05, 3.63) is 72.1 Å². The summed E-state index contributed by atoms with van der Waals surface area (Å²) in [6.07, 6.45) is 5.14. The molecular weight excluding hydrogens is 319 g/mol. The van der Waals surface area contributed by atoms with E-state index >= 15 is 0 Å². The van der Waals surface area contributed by atoms with Crippen molar-refractivity contribution in [2.24, 2.45) is 0 Å². The minimum absolute atomic E-state index is 0.166. The quantitative estimate of drug-likeness (QED) is 0.720. The van der Waals surface area contributed by atoms with E-state index in [2.05, 4.69) is 20.1 Å². The summed E-state index contributed by atoms with van der Waals surface area (Å²) in [5.74, 6) is -2.94. The molecule has 5 nitrogen and oxygen atoms in total. The van der Waals surface area contributed by atoms with Crippen LogP contribution in [-0.4, -0.2) is 24.7 Å².